The number of halogens is 1. The number of benzene rings is 1. The number of hydrogen-bond donors (Lipinski definition) is 1. The van der Waals surface area contributed by atoms with Crippen LogP contribution in [0.2, 0.25) is 5.02 Å². The predicted octanol–water partition coefficient (Wildman–Crippen LogP) is 4.16. The van der Waals surface area contributed by atoms with E-state index in [-0.39, 0.29) is 34.1 Å². The molecule has 0 fully saturated rings. The number of carbonyl (C=O) groups excluding carboxylic acids is 2. The number of anilines is 1. The molecule has 0 atom stereocenters. The zero-order valence-corrected chi connectivity index (χ0v) is 19.2. The van der Waals surface area contributed by atoms with E-state index in [4.69, 9.17) is 11.6 Å². The molecule has 0 spiro atoms. The van der Waals surface area contributed by atoms with Gasteiger partial charge in [-0.3, -0.25) is 24.4 Å². The highest BCUT2D eigenvalue weighted by atomic mass is 35.5. The molecule has 0 bridgehead atoms. The topological polar surface area (TPSA) is 110 Å². The van der Waals surface area contributed by atoms with Gasteiger partial charge in [0.25, 0.3) is 11.6 Å². The van der Waals surface area contributed by atoms with Gasteiger partial charge in [0.15, 0.2) is 0 Å². The molecule has 1 aromatic carbocycles. The second kappa shape index (κ2) is 9.91. The maximum Gasteiger partial charge on any atom is 0.288 e. The Labute approximate surface area is 186 Å². The van der Waals surface area contributed by atoms with Crippen molar-refractivity contribution >= 4 is 34.9 Å². The predicted molar refractivity (Wildman–Crippen MR) is 119 cm³/mol. The quantitative estimate of drug-likeness (QED) is 0.480. The average molecular weight is 450 g/mol. The van der Waals surface area contributed by atoms with E-state index in [0.29, 0.717) is 18.8 Å². The van der Waals surface area contributed by atoms with Gasteiger partial charge in [-0.15, -0.1) is 0 Å². The van der Waals surface area contributed by atoms with Crippen LogP contribution in [-0.2, 0) is 17.3 Å². The van der Waals surface area contributed by atoms with Gasteiger partial charge in [-0.05, 0) is 18.6 Å². The Morgan fingerprint density at radius 1 is 1.29 bits per heavy atom. The van der Waals surface area contributed by atoms with Gasteiger partial charge in [0.1, 0.15) is 17.4 Å². The molecule has 0 aliphatic carbocycles. The van der Waals surface area contributed by atoms with E-state index in [1.807, 2.05) is 27.7 Å². The van der Waals surface area contributed by atoms with Crippen LogP contribution in [0, 0.1) is 10.1 Å². The minimum atomic E-state index is -0.641. The summed E-state index contributed by atoms with van der Waals surface area (Å²) in [6.07, 6.45) is 1.51. The maximum absolute atomic E-state index is 13.0. The maximum atomic E-state index is 13.0. The van der Waals surface area contributed by atoms with Gasteiger partial charge in [0.2, 0.25) is 5.91 Å². The smallest absolute Gasteiger partial charge is 0.288 e. The van der Waals surface area contributed by atoms with Gasteiger partial charge in [-0.25, -0.2) is 0 Å². The number of nitrogens with zero attached hydrogens (tertiary/aromatic N) is 4. The molecule has 0 saturated heterocycles. The molecule has 0 unspecified atom stereocenters. The van der Waals surface area contributed by atoms with Gasteiger partial charge >= 0.3 is 0 Å². The Kier molecular flexibility index (Phi) is 7.78. The third kappa shape index (κ3) is 6.27. The van der Waals surface area contributed by atoms with Gasteiger partial charge in [-0.2, -0.15) is 5.10 Å². The highest BCUT2D eigenvalue weighted by Gasteiger charge is 2.24. The summed E-state index contributed by atoms with van der Waals surface area (Å²) in [6.45, 7) is 8.20. The first-order valence-corrected chi connectivity index (χ1v) is 10.4. The molecule has 0 radical (unpaired) electrons. The first kappa shape index (κ1) is 24.3. The first-order chi connectivity index (χ1) is 14.4. The van der Waals surface area contributed by atoms with Gasteiger partial charge in [0.05, 0.1) is 10.6 Å². The van der Waals surface area contributed by atoms with Crippen molar-refractivity contribution in [2.75, 3.05) is 18.4 Å². The summed E-state index contributed by atoms with van der Waals surface area (Å²) in [5.41, 5.74) is 0.415. The Morgan fingerprint density at radius 2 is 1.97 bits per heavy atom. The summed E-state index contributed by atoms with van der Waals surface area (Å²) < 4.78 is 1.58. The zero-order valence-electron chi connectivity index (χ0n) is 18.4. The molecule has 2 amide bonds. The number of rotatable bonds is 8. The minimum Gasteiger partial charge on any atom is -0.329 e. The molecule has 2 aromatic rings. The molecule has 168 valence electrons. The molecular weight excluding hydrogens is 422 g/mol. The fourth-order valence-electron chi connectivity index (χ4n) is 2.88. The summed E-state index contributed by atoms with van der Waals surface area (Å²) in [5.74, 6) is -0.319. The average Bonchev–Trinajstić information content (AvgIpc) is 3.05. The molecule has 9 nitrogen and oxygen atoms in total. The van der Waals surface area contributed by atoms with E-state index in [9.17, 15) is 19.7 Å². The van der Waals surface area contributed by atoms with Gasteiger partial charge in [0, 0.05) is 36.7 Å². The molecule has 31 heavy (non-hydrogen) atoms. The monoisotopic (exact) mass is 449 g/mol. The van der Waals surface area contributed by atoms with Gasteiger partial charge < -0.3 is 10.2 Å². The van der Waals surface area contributed by atoms with Crippen LogP contribution in [0.4, 0.5) is 11.5 Å². The molecule has 1 aromatic heterocycles. The van der Waals surface area contributed by atoms with Crippen LogP contribution in [0.1, 0.15) is 56.6 Å². The molecule has 1 N–H and O–H groups in total. The molecule has 1 heterocycles. The van der Waals surface area contributed by atoms with Crippen molar-refractivity contribution in [3.8, 4) is 0 Å². The van der Waals surface area contributed by atoms with Crippen LogP contribution < -0.4 is 5.32 Å². The van der Waals surface area contributed by atoms with Crippen LogP contribution in [0.3, 0.4) is 0 Å². The van der Waals surface area contributed by atoms with E-state index in [0.717, 1.165) is 18.2 Å². The third-order valence-electron chi connectivity index (χ3n) is 4.71. The minimum absolute atomic E-state index is 0.0507. The standard InChI is InChI=1S/C21H28ClN5O4/c1-6-7-10-26(20(29)14-8-9-15(22)16(11-14)27(30)31)13-19(28)23-18-12-17(21(2,3)4)24-25(18)5/h8-9,11-12H,6-7,10,13H2,1-5H3,(H,23,28). The Morgan fingerprint density at radius 3 is 2.52 bits per heavy atom. The Hall–Kier alpha value is -2.94. The lowest BCUT2D eigenvalue weighted by molar-refractivity contribution is -0.384. The fourth-order valence-corrected chi connectivity index (χ4v) is 3.06. The molecule has 0 saturated carbocycles. The summed E-state index contributed by atoms with van der Waals surface area (Å²) >= 11 is 5.84. The molecule has 0 aliphatic rings. The SMILES string of the molecule is CCCCN(CC(=O)Nc1cc(C(C)(C)C)nn1C)C(=O)c1ccc(Cl)c([N+](=O)[O-])c1. The van der Waals surface area contributed by atoms with Crippen molar-refractivity contribution in [1.82, 2.24) is 14.7 Å². The van der Waals surface area contributed by atoms with Crippen LogP contribution in [0.5, 0.6) is 0 Å². The molecule has 2 rings (SSSR count). The van der Waals surface area contributed by atoms with Crippen molar-refractivity contribution in [2.45, 2.75) is 46.0 Å². The third-order valence-corrected chi connectivity index (χ3v) is 5.03. The van der Waals surface area contributed by atoms with E-state index in [1.54, 1.807) is 17.8 Å². The number of nitrogens with one attached hydrogen (secondary N) is 1. The number of aromatic nitrogens is 2. The van der Waals surface area contributed by atoms with Crippen LogP contribution in [0.25, 0.3) is 0 Å². The Bertz CT molecular complexity index is 981. The lowest BCUT2D eigenvalue weighted by Crippen LogP contribution is -2.39. The number of carbonyl (C=O) groups is 2. The lowest BCUT2D eigenvalue weighted by atomic mass is 9.92. The summed E-state index contributed by atoms with van der Waals surface area (Å²) in [6, 6.07) is 5.68. The van der Waals surface area contributed by atoms with Crippen LogP contribution in [-0.4, -0.2) is 44.5 Å². The van der Waals surface area contributed by atoms with E-state index in [2.05, 4.69) is 10.4 Å². The number of amides is 2. The van der Waals surface area contributed by atoms with Crippen molar-refractivity contribution < 1.29 is 14.5 Å². The van der Waals surface area contributed by atoms with Crippen molar-refractivity contribution in [2.24, 2.45) is 7.05 Å². The van der Waals surface area contributed by atoms with E-state index >= 15 is 0 Å². The zero-order chi connectivity index (χ0) is 23.3. The lowest BCUT2D eigenvalue weighted by Gasteiger charge is -2.22. The second-order valence-corrected chi connectivity index (χ2v) is 8.75. The second-order valence-electron chi connectivity index (χ2n) is 8.34. The number of hydrogen-bond acceptors (Lipinski definition) is 5. The largest absolute Gasteiger partial charge is 0.329 e. The fraction of sp³-hybridized carbons (Fsp3) is 0.476. The summed E-state index contributed by atoms with van der Waals surface area (Å²) in [5, 5.41) is 18.3. The highest BCUT2D eigenvalue weighted by molar-refractivity contribution is 6.32. The number of nitro benzene ring substituents is 1. The first-order valence-electron chi connectivity index (χ1n) is 10.0. The van der Waals surface area contributed by atoms with Gasteiger partial charge in [-0.1, -0.05) is 45.7 Å². The van der Waals surface area contributed by atoms with Crippen LogP contribution in [0.15, 0.2) is 24.3 Å². The van der Waals surface area contributed by atoms with Crippen LogP contribution >= 0.6 is 11.6 Å². The Balaban J connectivity index is 2.20. The molecule has 10 heteroatoms. The number of aryl methyl sites for hydroxylation is 1. The normalized spacial score (nSPS) is 11.3. The molecular formula is C21H28ClN5O4. The highest BCUT2D eigenvalue weighted by Crippen LogP contribution is 2.26. The number of nitro groups is 1. The summed E-state index contributed by atoms with van der Waals surface area (Å²) in [7, 11) is 1.73. The number of unbranched alkanes of at least 4 members (excludes halogenated alkanes) is 1. The van der Waals surface area contributed by atoms with E-state index < -0.39 is 10.8 Å². The summed E-state index contributed by atoms with van der Waals surface area (Å²) in [4.78, 5) is 37.6. The van der Waals surface area contributed by atoms with E-state index in [1.165, 1.54) is 17.0 Å². The van der Waals surface area contributed by atoms with Crippen molar-refractivity contribution in [3.05, 3.63) is 50.7 Å². The van der Waals surface area contributed by atoms with Crippen molar-refractivity contribution in [1.29, 1.82) is 0 Å². The molecule has 0 aliphatic heterocycles. The van der Waals surface area contributed by atoms with Crippen molar-refractivity contribution in [3.63, 3.8) is 0 Å².